The Morgan fingerprint density at radius 1 is 1.43 bits per heavy atom. The van der Waals surface area contributed by atoms with Crippen LogP contribution in [-0.2, 0) is 6.42 Å². The summed E-state index contributed by atoms with van der Waals surface area (Å²) in [4.78, 5) is 0. The molecule has 0 saturated heterocycles. The summed E-state index contributed by atoms with van der Waals surface area (Å²) >= 11 is 0. The molecule has 0 bridgehead atoms. The monoisotopic (exact) mass is 208 g/mol. The van der Waals surface area contributed by atoms with Gasteiger partial charge in [0.25, 0.3) is 0 Å². The van der Waals surface area contributed by atoms with E-state index in [9.17, 15) is 13.2 Å². The van der Waals surface area contributed by atoms with Crippen molar-refractivity contribution in [3.63, 3.8) is 0 Å². The van der Waals surface area contributed by atoms with Crippen LogP contribution in [0, 0.1) is 6.92 Å². The van der Waals surface area contributed by atoms with Crippen molar-refractivity contribution >= 4 is 0 Å². The van der Waals surface area contributed by atoms with Crippen molar-refractivity contribution in [2.75, 3.05) is 0 Å². The molecule has 0 spiro atoms. The molecule has 0 fully saturated rings. The number of aryl methyl sites for hydroxylation is 1. The van der Waals surface area contributed by atoms with E-state index in [4.69, 9.17) is 9.52 Å². The van der Waals surface area contributed by atoms with Gasteiger partial charge in [-0.2, -0.15) is 13.2 Å². The van der Waals surface area contributed by atoms with E-state index in [0.717, 1.165) is 0 Å². The normalized spacial score (nSPS) is 14.4. The van der Waals surface area contributed by atoms with Gasteiger partial charge in [0, 0.05) is 6.42 Å². The summed E-state index contributed by atoms with van der Waals surface area (Å²) in [6, 6.07) is 3.21. The van der Waals surface area contributed by atoms with Crippen LogP contribution in [0.2, 0.25) is 0 Å². The van der Waals surface area contributed by atoms with Gasteiger partial charge in [0.05, 0.1) is 12.5 Å². The Labute approximate surface area is 79.3 Å². The molecule has 0 saturated carbocycles. The number of hydrogen-bond donors (Lipinski definition) is 1. The summed E-state index contributed by atoms with van der Waals surface area (Å²) in [6.07, 6.45) is -7.07. The SMILES string of the molecule is Cc1ccc(CC(O)CC(F)(F)F)o1. The highest BCUT2D eigenvalue weighted by Gasteiger charge is 2.31. The smallest absolute Gasteiger partial charge is 0.391 e. The second kappa shape index (κ2) is 4.04. The Hall–Kier alpha value is -0.970. The second-order valence-electron chi connectivity index (χ2n) is 3.19. The van der Waals surface area contributed by atoms with Crippen LogP contribution in [0.4, 0.5) is 13.2 Å². The van der Waals surface area contributed by atoms with E-state index in [1.54, 1.807) is 19.1 Å². The molecule has 1 unspecified atom stereocenters. The van der Waals surface area contributed by atoms with Crippen molar-refractivity contribution in [3.05, 3.63) is 23.7 Å². The molecule has 1 atom stereocenters. The fourth-order valence-electron chi connectivity index (χ4n) is 1.17. The molecule has 0 amide bonds. The van der Waals surface area contributed by atoms with Crippen LogP contribution in [0.3, 0.4) is 0 Å². The van der Waals surface area contributed by atoms with Gasteiger partial charge in [0.15, 0.2) is 0 Å². The Morgan fingerprint density at radius 3 is 2.50 bits per heavy atom. The molecule has 2 nitrogen and oxygen atoms in total. The molecule has 0 aliphatic carbocycles. The van der Waals surface area contributed by atoms with E-state index < -0.39 is 18.7 Å². The van der Waals surface area contributed by atoms with Gasteiger partial charge < -0.3 is 9.52 Å². The Morgan fingerprint density at radius 2 is 2.07 bits per heavy atom. The van der Waals surface area contributed by atoms with Crippen molar-refractivity contribution in [1.82, 2.24) is 0 Å². The molecular formula is C9H11F3O2. The van der Waals surface area contributed by atoms with Crippen LogP contribution in [0.15, 0.2) is 16.5 Å². The fraction of sp³-hybridized carbons (Fsp3) is 0.556. The van der Waals surface area contributed by atoms with Gasteiger partial charge in [0.2, 0.25) is 0 Å². The lowest BCUT2D eigenvalue weighted by Crippen LogP contribution is -2.20. The number of furan rings is 1. The number of aliphatic hydroxyl groups excluding tert-OH is 1. The van der Waals surface area contributed by atoms with Crippen molar-refractivity contribution in [1.29, 1.82) is 0 Å². The van der Waals surface area contributed by atoms with E-state index in [1.807, 2.05) is 0 Å². The average Bonchev–Trinajstić information content (AvgIpc) is 2.30. The predicted molar refractivity (Wildman–Crippen MR) is 43.8 cm³/mol. The maximum absolute atomic E-state index is 11.8. The van der Waals surface area contributed by atoms with Gasteiger partial charge in [-0.3, -0.25) is 0 Å². The highest BCUT2D eigenvalue weighted by atomic mass is 19.4. The largest absolute Gasteiger partial charge is 0.466 e. The lowest BCUT2D eigenvalue weighted by atomic mass is 10.1. The Bertz CT molecular complexity index is 290. The molecule has 0 aliphatic heterocycles. The predicted octanol–water partition coefficient (Wildman–Crippen LogP) is 2.44. The highest BCUT2D eigenvalue weighted by molar-refractivity contribution is 5.06. The minimum atomic E-state index is -4.33. The topological polar surface area (TPSA) is 33.4 Å². The number of rotatable bonds is 3. The standard InChI is InChI=1S/C9H11F3O2/c1-6-2-3-8(14-6)4-7(13)5-9(10,11)12/h2-3,7,13H,4-5H2,1H3. The van der Waals surface area contributed by atoms with E-state index in [-0.39, 0.29) is 6.42 Å². The molecule has 0 aromatic carbocycles. The zero-order valence-corrected chi connectivity index (χ0v) is 7.64. The van der Waals surface area contributed by atoms with Gasteiger partial charge in [-0.15, -0.1) is 0 Å². The van der Waals surface area contributed by atoms with E-state index >= 15 is 0 Å². The maximum atomic E-state index is 11.8. The van der Waals surface area contributed by atoms with E-state index in [2.05, 4.69) is 0 Å². The zero-order chi connectivity index (χ0) is 10.8. The highest BCUT2D eigenvalue weighted by Crippen LogP contribution is 2.23. The van der Waals surface area contributed by atoms with Crippen LogP contribution >= 0.6 is 0 Å². The van der Waals surface area contributed by atoms with E-state index in [1.165, 1.54) is 0 Å². The Balaban J connectivity index is 2.45. The van der Waals surface area contributed by atoms with Crippen LogP contribution in [-0.4, -0.2) is 17.4 Å². The minimum absolute atomic E-state index is 0.104. The summed E-state index contributed by atoms with van der Waals surface area (Å²) in [6.45, 7) is 1.69. The lowest BCUT2D eigenvalue weighted by Gasteiger charge is -2.11. The van der Waals surface area contributed by atoms with Crippen molar-refractivity contribution in [3.8, 4) is 0 Å². The summed E-state index contributed by atoms with van der Waals surface area (Å²) < 4.78 is 40.5. The van der Waals surface area contributed by atoms with Crippen LogP contribution in [0.5, 0.6) is 0 Å². The first-order valence-electron chi connectivity index (χ1n) is 4.17. The number of hydrogen-bond acceptors (Lipinski definition) is 2. The van der Waals surface area contributed by atoms with Crippen molar-refractivity contribution in [2.45, 2.75) is 32.0 Å². The number of aliphatic hydroxyl groups is 1. The van der Waals surface area contributed by atoms with Crippen LogP contribution < -0.4 is 0 Å². The molecule has 5 heteroatoms. The molecule has 1 rings (SSSR count). The molecule has 1 heterocycles. The first-order valence-corrected chi connectivity index (χ1v) is 4.17. The third-order valence-electron chi connectivity index (χ3n) is 1.70. The van der Waals surface area contributed by atoms with E-state index in [0.29, 0.717) is 11.5 Å². The van der Waals surface area contributed by atoms with Gasteiger partial charge in [-0.1, -0.05) is 0 Å². The quantitative estimate of drug-likeness (QED) is 0.827. The van der Waals surface area contributed by atoms with Gasteiger partial charge in [-0.05, 0) is 19.1 Å². The maximum Gasteiger partial charge on any atom is 0.391 e. The summed E-state index contributed by atoms with van der Waals surface area (Å²) in [5, 5.41) is 9.07. The molecule has 1 N–H and O–H groups in total. The summed E-state index contributed by atoms with van der Waals surface area (Å²) in [5.41, 5.74) is 0. The zero-order valence-electron chi connectivity index (χ0n) is 7.64. The van der Waals surface area contributed by atoms with Crippen LogP contribution in [0.1, 0.15) is 17.9 Å². The van der Waals surface area contributed by atoms with Crippen molar-refractivity contribution in [2.24, 2.45) is 0 Å². The molecule has 0 aliphatic rings. The molecule has 14 heavy (non-hydrogen) atoms. The lowest BCUT2D eigenvalue weighted by molar-refractivity contribution is -0.153. The molecule has 80 valence electrons. The Kier molecular flexibility index (Phi) is 3.21. The number of halogens is 3. The first kappa shape index (κ1) is 11.1. The second-order valence-corrected chi connectivity index (χ2v) is 3.19. The third-order valence-corrected chi connectivity index (χ3v) is 1.70. The van der Waals surface area contributed by atoms with Crippen LogP contribution in [0.25, 0.3) is 0 Å². The van der Waals surface area contributed by atoms with Gasteiger partial charge >= 0.3 is 6.18 Å². The molecular weight excluding hydrogens is 197 g/mol. The molecule has 0 radical (unpaired) electrons. The molecule has 1 aromatic rings. The first-order chi connectivity index (χ1) is 6.37. The fourth-order valence-corrected chi connectivity index (χ4v) is 1.17. The minimum Gasteiger partial charge on any atom is -0.466 e. The summed E-state index contributed by atoms with van der Waals surface area (Å²) in [5.74, 6) is 0.999. The molecule has 1 aromatic heterocycles. The van der Waals surface area contributed by atoms with Crippen molar-refractivity contribution < 1.29 is 22.7 Å². The average molecular weight is 208 g/mol. The number of alkyl halides is 3. The van der Waals surface area contributed by atoms with Gasteiger partial charge in [0.1, 0.15) is 11.5 Å². The third kappa shape index (κ3) is 3.83. The van der Waals surface area contributed by atoms with Gasteiger partial charge in [-0.25, -0.2) is 0 Å². The summed E-state index contributed by atoms with van der Waals surface area (Å²) in [7, 11) is 0.